The van der Waals surface area contributed by atoms with Gasteiger partial charge in [0.1, 0.15) is 17.4 Å². The predicted molar refractivity (Wildman–Crippen MR) is 94.2 cm³/mol. The van der Waals surface area contributed by atoms with E-state index in [9.17, 15) is 15.2 Å². The summed E-state index contributed by atoms with van der Waals surface area (Å²) < 4.78 is 15.7. The molecule has 1 aliphatic rings. The molecule has 0 saturated carbocycles. The number of phenolic OH excluding ortho intramolecular Hbond substituents is 1. The first-order chi connectivity index (χ1) is 12.4. The second-order valence-corrected chi connectivity index (χ2v) is 5.75. The molecule has 0 fully saturated rings. The van der Waals surface area contributed by atoms with E-state index >= 15 is 0 Å². The average molecular weight is 379 g/mol. The van der Waals surface area contributed by atoms with Gasteiger partial charge in [0.15, 0.2) is 11.5 Å². The molecule has 0 aliphatic carbocycles. The highest BCUT2D eigenvalue weighted by molar-refractivity contribution is 6.17. The smallest absolute Gasteiger partial charge is 0.338 e. The third kappa shape index (κ3) is 3.41. The molecule has 3 N–H and O–H groups in total. The molecule has 26 heavy (non-hydrogen) atoms. The molecule has 8 heteroatoms. The number of carbonyl (C=O) groups excluding carboxylic acids is 1. The molecule has 0 spiro atoms. The first-order valence-electron chi connectivity index (χ1n) is 7.80. The fraction of sp³-hybridized carbons (Fsp3) is 0.333. The molecule has 2 rings (SSSR count). The quantitative estimate of drug-likeness (QED) is 0.597. The molecule has 138 valence electrons. The number of nitriles is 1. The molecule has 1 atom stereocenters. The van der Waals surface area contributed by atoms with Crippen molar-refractivity contribution in [2.24, 2.45) is 5.73 Å². The second-order valence-electron chi connectivity index (χ2n) is 5.48. The van der Waals surface area contributed by atoms with Crippen molar-refractivity contribution >= 4 is 17.6 Å². The molecule has 1 aromatic rings. The zero-order chi connectivity index (χ0) is 19.4. The van der Waals surface area contributed by atoms with Gasteiger partial charge < -0.3 is 25.1 Å². The van der Waals surface area contributed by atoms with Crippen molar-refractivity contribution in [1.82, 2.24) is 0 Å². The summed E-state index contributed by atoms with van der Waals surface area (Å²) in [4.78, 5) is 12.5. The Labute approximate surface area is 156 Å². The SMILES string of the molecule is CCOC(=O)C1=C(C)OC(N)=C(C#N)C1c1cc(CCl)c(O)c(OC)c1. The lowest BCUT2D eigenvalue weighted by atomic mass is 9.82. The van der Waals surface area contributed by atoms with Crippen molar-refractivity contribution in [2.75, 3.05) is 13.7 Å². The normalized spacial score (nSPS) is 16.8. The van der Waals surface area contributed by atoms with Crippen molar-refractivity contribution in [2.45, 2.75) is 25.6 Å². The van der Waals surface area contributed by atoms with Gasteiger partial charge >= 0.3 is 5.97 Å². The van der Waals surface area contributed by atoms with Crippen LogP contribution in [0.4, 0.5) is 0 Å². The van der Waals surface area contributed by atoms with Crippen LogP contribution in [0.25, 0.3) is 0 Å². The number of nitrogens with zero attached hydrogens (tertiary/aromatic N) is 1. The Balaban J connectivity index is 2.73. The van der Waals surface area contributed by atoms with Crippen LogP contribution >= 0.6 is 11.6 Å². The summed E-state index contributed by atoms with van der Waals surface area (Å²) in [5.74, 6) is -1.22. The topological polar surface area (TPSA) is 115 Å². The standard InChI is InChI=1S/C18H19ClN2O5/c1-4-25-18(23)14-9(2)26-17(21)12(8-20)15(14)10-5-11(7-19)16(22)13(6-10)24-3/h5-6,15,22H,4,7,21H2,1-3H3. The highest BCUT2D eigenvalue weighted by atomic mass is 35.5. The van der Waals surface area contributed by atoms with Crippen LogP contribution in [-0.2, 0) is 20.1 Å². The van der Waals surface area contributed by atoms with E-state index in [2.05, 4.69) is 0 Å². The number of nitrogens with two attached hydrogens (primary N) is 1. The lowest BCUT2D eigenvalue weighted by Crippen LogP contribution is -2.25. The maximum Gasteiger partial charge on any atom is 0.338 e. The number of hydrogen-bond donors (Lipinski definition) is 2. The van der Waals surface area contributed by atoms with E-state index in [0.717, 1.165) is 0 Å². The Bertz CT molecular complexity index is 813. The van der Waals surface area contributed by atoms with Crippen LogP contribution in [0.2, 0.25) is 0 Å². The molecule has 1 heterocycles. The van der Waals surface area contributed by atoms with Gasteiger partial charge in [-0.25, -0.2) is 4.79 Å². The number of rotatable bonds is 5. The maximum absolute atomic E-state index is 12.5. The van der Waals surface area contributed by atoms with Crippen molar-refractivity contribution in [1.29, 1.82) is 5.26 Å². The molecule has 0 aromatic heterocycles. The number of hydrogen-bond acceptors (Lipinski definition) is 7. The summed E-state index contributed by atoms with van der Waals surface area (Å²) in [7, 11) is 1.39. The van der Waals surface area contributed by atoms with Crippen molar-refractivity contribution in [3.8, 4) is 17.6 Å². The Morgan fingerprint density at radius 1 is 1.50 bits per heavy atom. The van der Waals surface area contributed by atoms with Crippen LogP contribution in [0, 0.1) is 11.3 Å². The van der Waals surface area contributed by atoms with E-state index in [1.807, 2.05) is 6.07 Å². The van der Waals surface area contributed by atoms with Gasteiger partial charge in [-0.2, -0.15) is 5.26 Å². The fourth-order valence-corrected chi connectivity index (χ4v) is 3.01. The zero-order valence-electron chi connectivity index (χ0n) is 14.6. The molecule has 0 radical (unpaired) electrons. The third-order valence-electron chi connectivity index (χ3n) is 3.97. The zero-order valence-corrected chi connectivity index (χ0v) is 15.4. The number of allylic oxidation sites excluding steroid dienone is 2. The van der Waals surface area contributed by atoms with Crippen LogP contribution in [0.15, 0.2) is 34.9 Å². The van der Waals surface area contributed by atoms with Crippen molar-refractivity contribution < 1.29 is 24.1 Å². The number of ether oxygens (including phenoxy) is 3. The Kier molecular flexibility index (Phi) is 6.01. The summed E-state index contributed by atoms with van der Waals surface area (Å²) in [5, 5.41) is 19.7. The molecular formula is C18H19ClN2O5. The Hall–Kier alpha value is -2.85. The van der Waals surface area contributed by atoms with E-state index in [1.165, 1.54) is 13.2 Å². The average Bonchev–Trinajstić information content (AvgIpc) is 2.61. The van der Waals surface area contributed by atoms with Crippen LogP contribution in [0.3, 0.4) is 0 Å². The summed E-state index contributed by atoms with van der Waals surface area (Å²) in [6.07, 6.45) is 0. The number of aromatic hydroxyl groups is 1. The molecule has 0 bridgehead atoms. The molecule has 0 amide bonds. The van der Waals surface area contributed by atoms with Gasteiger partial charge in [-0.3, -0.25) is 0 Å². The first-order valence-corrected chi connectivity index (χ1v) is 8.34. The minimum absolute atomic E-state index is 0.0117. The number of phenols is 1. The number of benzene rings is 1. The number of methoxy groups -OCH3 is 1. The van der Waals surface area contributed by atoms with E-state index in [-0.39, 0.29) is 46.8 Å². The van der Waals surface area contributed by atoms with Gasteiger partial charge in [-0.05, 0) is 31.5 Å². The van der Waals surface area contributed by atoms with Crippen molar-refractivity contribution in [3.63, 3.8) is 0 Å². The number of carbonyl (C=O) groups is 1. The second kappa shape index (κ2) is 8.02. The van der Waals surface area contributed by atoms with Crippen LogP contribution < -0.4 is 10.5 Å². The molecular weight excluding hydrogens is 360 g/mol. The highest BCUT2D eigenvalue weighted by Gasteiger charge is 2.37. The predicted octanol–water partition coefficient (Wildman–Crippen LogP) is 2.78. The van der Waals surface area contributed by atoms with Gasteiger partial charge in [0.05, 0.1) is 31.1 Å². The lowest BCUT2D eigenvalue weighted by molar-refractivity contribution is -0.139. The van der Waals surface area contributed by atoms with Gasteiger partial charge in [-0.15, -0.1) is 11.6 Å². The Morgan fingerprint density at radius 2 is 2.19 bits per heavy atom. The van der Waals surface area contributed by atoms with Crippen LogP contribution in [0.1, 0.15) is 30.9 Å². The molecule has 1 aromatic carbocycles. The van der Waals surface area contributed by atoms with Crippen molar-refractivity contribution in [3.05, 3.63) is 46.0 Å². The molecule has 7 nitrogen and oxygen atoms in total. The summed E-state index contributed by atoms with van der Waals surface area (Å²) >= 11 is 5.90. The molecule has 0 saturated heterocycles. The van der Waals surface area contributed by atoms with Gasteiger partial charge in [0.2, 0.25) is 5.88 Å². The Morgan fingerprint density at radius 3 is 2.73 bits per heavy atom. The van der Waals surface area contributed by atoms with Crippen LogP contribution in [0.5, 0.6) is 11.5 Å². The van der Waals surface area contributed by atoms with E-state index in [0.29, 0.717) is 11.1 Å². The fourth-order valence-electron chi connectivity index (χ4n) is 2.80. The largest absolute Gasteiger partial charge is 0.504 e. The van der Waals surface area contributed by atoms with E-state index in [1.54, 1.807) is 19.9 Å². The van der Waals surface area contributed by atoms with Gasteiger partial charge in [0.25, 0.3) is 0 Å². The number of halogens is 1. The lowest BCUT2D eigenvalue weighted by Gasteiger charge is -2.27. The number of alkyl halides is 1. The monoisotopic (exact) mass is 378 g/mol. The summed E-state index contributed by atoms with van der Waals surface area (Å²) in [5.41, 5.74) is 6.97. The summed E-state index contributed by atoms with van der Waals surface area (Å²) in [6.45, 7) is 3.41. The highest BCUT2D eigenvalue weighted by Crippen LogP contribution is 2.43. The van der Waals surface area contributed by atoms with Gasteiger partial charge in [-0.1, -0.05) is 0 Å². The van der Waals surface area contributed by atoms with E-state index in [4.69, 9.17) is 31.5 Å². The first kappa shape index (κ1) is 19.5. The number of esters is 1. The summed E-state index contributed by atoms with van der Waals surface area (Å²) in [6, 6.07) is 5.11. The van der Waals surface area contributed by atoms with E-state index < -0.39 is 11.9 Å². The molecule has 1 unspecified atom stereocenters. The third-order valence-corrected chi connectivity index (χ3v) is 4.26. The van der Waals surface area contributed by atoms with Crippen LogP contribution in [-0.4, -0.2) is 24.8 Å². The minimum Gasteiger partial charge on any atom is -0.504 e. The van der Waals surface area contributed by atoms with Gasteiger partial charge in [0, 0.05) is 5.56 Å². The molecule has 1 aliphatic heterocycles. The minimum atomic E-state index is -0.829. The maximum atomic E-state index is 12.5.